The van der Waals surface area contributed by atoms with Gasteiger partial charge in [0.05, 0.1) is 0 Å². The molecule has 2 heterocycles. The van der Waals surface area contributed by atoms with Gasteiger partial charge in [0.2, 0.25) is 0 Å². The minimum atomic E-state index is -0.342. The van der Waals surface area contributed by atoms with E-state index in [-0.39, 0.29) is 12.1 Å². The van der Waals surface area contributed by atoms with Gasteiger partial charge in [0.1, 0.15) is 12.0 Å². The number of nitrogens with zero attached hydrogens (tertiary/aromatic N) is 2. The van der Waals surface area contributed by atoms with Gasteiger partial charge in [0.15, 0.2) is 0 Å². The van der Waals surface area contributed by atoms with Crippen LogP contribution in [0.3, 0.4) is 0 Å². The van der Waals surface area contributed by atoms with E-state index in [1.54, 1.807) is 11.1 Å². The number of pyridine rings is 1. The van der Waals surface area contributed by atoms with Crippen molar-refractivity contribution in [2.75, 3.05) is 10.2 Å². The van der Waals surface area contributed by atoms with Crippen LogP contribution in [0.15, 0.2) is 60.8 Å². The Kier molecular flexibility index (Phi) is 4.13. The van der Waals surface area contributed by atoms with E-state index in [4.69, 9.17) is 11.6 Å². The summed E-state index contributed by atoms with van der Waals surface area (Å²) in [4.78, 5) is 19.2. The first-order valence-corrected chi connectivity index (χ1v) is 8.80. The van der Waals surface area contributed by atoms with Gasteiger partial charge < -0.3 is 5.32 Å². The van der Waals surface area contributed by atoms with E-state index in [2.05, 4.69) is 10.3 Å². The van der Waals surface area contributed by atoms with Crippen molar-refractivity contribution in [2.24, 2.45) is 0 Å². The summed E-state index contributed by atoms with van der Waals surface area (Å²) < 4.78 is 0. The molecule has 0 spiro atoms. The number of carbonyl (C=O) groups excluding carboxylic acids is 1. The van der Waals surface area contributed by atoms with Crippen LogP contribution in [0.5, 0.6) is 0 Å². The molecule has 0 aliphatic carbocycles. The number of carbonyl (C=O) groups is 1. The molecule has 1 aliphatic heterocycles. The number of benzene rings is 2. The third-order valence-corrected chi connectivity index (χ3v) is 4.83. The second-order valence-electron chi connectivity index (χ2n) is 6.46. The second kappa shape index (κ2) is 6.46. The SMILES string of the molecule is Cc1ccc(N2C(=O)c3ccccc3C2Nc2cc(Cl)ccc2C)nc1. The van der Waals surface area contributed by atoms with E-state index < -0.39 is 0 Å². The molecule has 2 aromatic carbocycles. The Bertz CT molecular complexity index is 985. The standard InChI is InChI=1S/C21H18ClN3O/c1-13-7-10-19(23-12-13)25-20(16-5-3-4-6-17(16)21(25)26)24-18-11-15(22)9-8-14(18)2/h3-12,20,24H,1-2H3. The van der Waals surface area contributed by atoms with E-state index in [0.717, 1.165) is 22.4 Å². The molecule has 1 N–H and O–H groups in total. The number of rotatable bonds is 3. The van der Waals surface area contributed by atoms with Crippen LogP contribution in [-0.2, 0) is 0 Å². The van der Waals surface area contributed by atoms with Crippen LogP contribution in [0.2, 0.25) is 5.02 Å². The minimum Gasteiger partial charge on any atom is -0.361 e. The lowest BCUT2D eigenvalue weighted by atomic mass is 10.1. The first-order valence-electron chi connectivity index (χ1n) is 8.42. The topological polar surface area (TPSA) is 45.2 Å². The lowest BCUT2D eigenvalue weighted by molar-refractivity contribution is 0.0992. The number of hydrogen-bond acceptors (Lipinski definition) is 3. The first kappa shape index (κ1) is 16.6. The summed E-state index contributed by atoms with van der Waals surface area (Å²) in [5.41, 5.74) is 4.62. The van der Waals surface area contributed by atoms with E-state index in [9.17, 15) is 4.79 Å². The fraction of sp³-hybridized carbons (Fsp3) is 0.143. The quantitative estimate of drug-likeness (QED) is 0.702. The highest BCUT2D eigenvalue weighted by atomic mass is 35.5. The second-order valence-corrected chi connectivity index (χ2v) is 6.90. The molecule has 0 fully saturated rings. The van der Waals surface area contributed by atoms with Crippen molar-refractivity contribution >= 4 is 29.0 Å². The monoisotopic (exact) mass is 363 g/mol. The summed E-state index contributed by atoms with van der Waals surface area (Å²) >= 11 is 6.17. The Morgan fingerprint density at radius 1 is 1.08 bits per heavy atom. The van der Waals surface area contributed by atoms with Crippen molar-refractivity contribution in [1.82, 2.24) is 4.98 Å². The van der Waals surface area contributed by atoms with Crippen molar-refractivity contribution in [1.29, 1.82) is 0 Å². The number of fused-ring (bicyclic) bond motifs is 1. The minimum absolute atomic E-state index is 0.0610. The molecule has 5 heteroatoms. The molecule has 1 atom stereocenters. The van der Waals surface area contributed by atoms with Gasteiger partial charge in [-0.25, -0.2) is 4.98 Å². The number of nitrogens with one attached hydrogen (secondary N) is 1. The lowest BCUT2D eigenvalue weighted by Crippen LogP contribution is -2.33. The average Bonchev–Trinajstić information content (AvgIpc) is 2.92. The zero-order chi connectivity index (χ0) is 18.3. The molecule has 3 aromatic rings. The largest absolute Gasteiger partial charge is 0.361 e. The predicted molar refractivity (Wildman–Crippen MR) is 105 cm³/mol. The molecular formula is C21H18ClN3O. The van der Waals surface area contributed by atoms with Gasteiger partial charge in [-0.05, 0) is 49.2 Å². The van der Waals surface area contributed by atoms with Crippen molar-refractivity contribution in [2.45, 2.75) is 20.0 Å². The Morgan fingerprint density at radius 3 is 2.65 bits per heavy atom. The molecule has 4 nitrogen and oxygen atoms in total. The Balaban J connectivity index is 1.80. The number of amides is 1. The number of aromatic nitrogens is 1. The van der Waals surface area contributed by atoms with Gasteiger partial charge >= 0.3 is 0 Å². The van der Waals surface area contributed by atoms with E-state index >= 15 is 0 Å². The van der Waals surface area contributed by atoms with Gasteiger partial charge in [0, 0.05) is 28.0 Å². The molecular weight excluding hydrogens is 346 g/mol. The number of anilines is 2. The van der Waals surface area contributed by atoms with E-state index in [1.165, 1.54) is 0 Å². The van der Waals surface area contributed by atoms with Crippen LogP contribution in [-0.4, -0.2) is 10.9 Å². The van der Waals surface area contributed by atoms with Crippen LogP contribution >= 0.6 is 11.6 Å². The van der Waals surface area contributed by atoms with E-state index in [0.29, 0.717) is 16.4 Å². The molecule has 0 radical (unpaired) electrons. The summed E-state index contributed by atoms with van der Waals surface area (Å²) in [5, 5.41) is 4.13. The van der Waals surface area contributed by atoms with Crippen molar-refractivity contribution in [3.63, 3.8) is 0 Å². The third-order valence-electron chi connectivity index (χ3n) is 4.60. The zero-order valence-corrected chi connectivity index (χ0v) is 15.3. The maximum Gasteiger partial charge on any atom is 0.261 e. The smallest absolute Gasteiger partial charge is 0.261 e. The summed E-state index contributed by atoms with van der Waals surface area (Å²) in [6.45, 7) is 3.98. The maximum atomic E-state index is 13.1. The van der Waals surface area contributed by atoms with Gasteiger partial charge in [-0.1, -0.05) is 41.9 Å². The molecule has 1 unspecified atom stereocenters. The molecule has 0 bridgehead atoms. The van der Waals surface area contributed by atoms with Gasteiger partial charge in [-0.2, -0.15) is 0 Å². The third kappa shape index (κ3) is 2.82. The molecule has 4 rings (SSSR count). The number of halogens is 1. The lowest BCUT2D eigenvalue weighted by Gasteiger charge is -2.27. The highest BCUT2D eigenvalue weighted by Gasteiger charge is 2.38. The Morgan fingerprint density at radius 2 is 1.88 bits per heavy atom. The summed E-state index contributed by atoms with van der Waals surface area (Å²) in [5.74, 6) is 0.558. The van der Waals surface area contributed by atoms with Crippen LogP contribution < -0.4 is 10.2 Å². The van der Waals surface area contributed by atoms with Crippen LogP contribution in [0, 0.1) is 13.8 Å². The predicted octanol–water partition coefficient (Wildman–Crippen LogP) is 5.12. The van der Waals surface area contributed by atoms with Gasteiger partial charge in [-0.3, -0.25) is 9.69 Å². The van der Waals surface area contributed by atoms with Crippen molar-refractivity contribution < 1.29 is 4.79 Å². The van der Waals surface area contributed by atoms with Crippen LogP contribution in [0.25, 0.3) is 0 Å². The number of hydrogen-bond donors (Lipinski definition) is 1. The van der Waals surface area contributed by atoms with Gasteiger partial charge in [0.25, 0.3) is 5.91 Å². The van der Waals surface area contributed by atoms with Crippen molar-refractivity contribution in [3.05, 3.63) is 88.1 Å². The van der Waals surface area contributed by atoms with Crippen molar-refractivity contribution in [3.8, 4) is 0 Å². The molecule has 26 heavy (non-hydrogen) atoms. The van der Waals surface area contributed by atoms with Crippen LogP contribution in [0.4, 0.5) is 11.5 Å². The molecule has 130 valence electrons. The number of aryl methyl sites for hydroxylation is 2. The molecule has 0 saturated heterocycles. The Hall–Kier alpha value is -2.85. The zero-order valence-electron chi connectivity index (χ0n) is 14.5. The molecule has 1 aliphatic rings. The highest BCUT2D eigenvalue weighted by Crippen LogP contribution is 2.38. The first-order chi connectivity index (χ1) is 12.5. The summed E-state index contributed by atoms with van der Waals surface area (Å²) in [6, 6.07) is 17.2. The van der Waals surface area contributed by atoms with E-state index in [1.807, 2.05) is 68.4 Å². The fourth-order valence-corrected chi connectivity index (χ4v) is 3.37. The molecule has 1 amide bonds. The maximum absolute atomic E-state index is 13.1. The summed E-state index contributed by atoms with van der Waals surface area (Å²) in [7, 11) is 0. The fourth-order valence-electron chi connectivity index (χ4n) is 3.19. The average molecular weight is 364 g/mol. The normalized spacial score (nSPS) is 15.9. The van der Waals surface area contributed by atoms with Crippen LogP contribution in [0.1, 0.15) is 33.2 Å². The highest BCUT2D eigenvalue weighted by molar-refractivity contribution is 6.30. The summed E-state index contributed by atoms with van der Waals surface area (Å²) in [6.07, 6.45) is 1.43. The van der Waals surface area contributed by atoms with Gasteiger partial charge in [-0.15, -0.1) is 0 Å². The molecule has 1 aromatic heterocycles. The molecule has 0 saturated carbocycles. The Labute approximate surface area is 157 Å².